The Morgan fingerprint density at radius 2 is 1.20 bits per heavy atom. The summed E-state index contributed by atoms with van der Waals surface area (Å²) >= 11 is 3.36. The molecule has 0 saturated carbocycles. The van der Waals surface area contributed by atoms with Crippen molar-refractivity contribution in [3.8, 4) is 11.5 Å². The van der Waals surface area contributed by atoms with Gasteiger partial charge in [-0.05, 0) is 92.6 Å². The van der Waals surface area contributed by atoms with E-state index < -0.39 is 0 Å². The largest absolute Gasteiger partial charge is 0.489 e. The van der Waals surface area contributed by atoms with Crippen LogP contribution in [0.15, 0.2) is 115 Å². The fourth-order valence-corrected chi connectivity index (χ4v) is 5.25. The first-order valence-corrected chi connectivity index (χ1v) is 15.4. The van der Waals surface area contributed by atoms with E-state index in [1.54, 1.807) is 6.07 Å². The first kappa shape index (κ1) is 29.3. The maximum Gasteiger partial charge on any atom is 0.336 e. The highest BCUT2D eigenvalue weighted by atomic mass is 79.9. The number of halogens is 1. The Hall–Kier alpha value is -4.75. The third-order valence-electron chi connectivity index (χ3n) is 7.21. The normalized spacial score (nSPS) is 11.1. The summed E-state index contributed by atoms with van der Waals surface area (Å²) < 4.78 is 28.4. The van der Waals surface area contributed by atoms with Gasteiger partial charge >= 0.3 is 5.63 Å². The van der Waals surface area contributed by atoms with Gasteiger partial charge in [-0.1, -0.05) is 51.3 Å². The summed E-state index contributed by atoms with van der Waals surface area (Å²) in [7, 11) is 0. The molecule has 0 bridgehead atoms. The van der Waals surface area contributed by atoms with Gasteiger partial charge in [0.05, 0.1) is 5.33 Å². The molecule has 0 saturated heterocycles. The van der Waals surface area contributed by atoms with Gasteiger partial charge in [0, 0.05) is 28.3 Å². The fourth-order valence-electron chi connectivity index (χ4n) is 4.97. The fraction of sp³-hybridized carbons (Fsp3) is 0.162. The molecule has 44 heavy (non-hydrogen) atoms. The van der Waals surface area contributed by atoms with Gasteiger partial charge in [0.2, 0.25) is 0 Å². The molecule has 7 aromatic rings. The van der Waals surface area contributed by atoms with Crippen molar-refractivity contribution in [1.29, 1.82) is 0 Å². The van der Waals surface area contributed by atoms with Gasteiger partial charge in [-0.25, -0.2) is 4.79 Å². The van der Waals surface area contributed by atoms with Crippen LogP contribution in [-0.4, -0.2) is 0 Å². The minimum Gasteiger partial charge on any atom is -0.489 e. The van der Waals surface area contributed by atoms with Gasteiger partial charge in [-0.3, -0.25) is 0 Å². The molecular formula is C37H31BrO6. The lowest BCUT2D eigenvalue weighted by atomic mass is 10.1. The molecule has 0 atom stereocenters. The zero-order valence-electron chi connectivity index (χ0n) is 24.7. The number of ether oxygens (including phenoxy) is 2. The molecule has 7 heteroatoms. The van der Waals surface area contributed by atoms with Gasteiger partial charge in [0.25, 0.3) is 0 Å². The van der Waals surface area contributed by atoms with E-state index >= 15 is 0 Å². The third kappa shape index (κ3) is 6.90. The van der Waals surface area contributed by atoms with Crippen LogP contribution in [0.2, 0.25) is 0 Å². The van der Waals surface area contributed by atoms with E-state index in [2.05, 4.69) is 54.0 Å². The van der Waals surface area contributed by atoms with E-state index in [1.807, 2.05) is 67.6 Å². The number of benzene rings is 4. The smallest absolute Gasteiger partial charge is 0.336 e. The first-order valence-electron chi connectivity index (χ1n) is 14.3. The summed E-state index contributed by atoms with van der Waals surface area (Å²) in [5, 5.41) is 3.95. The predicted molar refractivity (Wildman–Crippen MR) is 177 cm³/mol. The minimum absolute atomic E-state index is 0.361. The van der Waals surface area contributed by atoms with Crippen LogP contribution >= 0.6 is 15.9 Å². The lowest BCUT2D eigenvalue weighted by Crippen LogP contribution is -1.99. The summed E-state index contributed by atoms with van der Waals surface area (Å²) in [6.07, 6.45) is 0. The molecule has 0 unspecified atom stereocenters. The summed E-state index contributed by atoms with van der Waals surface area (Å²) in [4.78, 5) is 11.6. The number of furan rings is 2. The summed E-state index contributed by atoms with van der Waals surface area (Å²) in [5.41, 5.74) is 6.35. The lowest BCUT2D eigenvalue weighted by Gasteiger charge is -2.09. The molecule has 0 spiro atoms. The summed E-state index contributed by atoms with van der Waals surface area (Å²) in [5.74, 6) is 3.17. The van der Waals surface area contributed by atoms with Crippen molar-refractivity contribution < 1.29 is 22.7 Å². The number of rotatable bonds is 7. The van der Waals surface area contributed by atoms with Crippen molar-refractivity contribution in [2.75, 3.05) is 0 Å². The average molecular weight is 652 g/mol. The second-order valence-electron chi connectivity index (χ2n) is 10.8. The maximum atomic E-state index is 11.6. The van der Waals surface area contributed by atoms with Crippen LogP contribution in [0.1, 0.15) is 33.8 Å². The molecule has 7 rings (SSSR count). The van der Waals surface area contributed by atoms with Crippen molar-refractivity contribution in [2.24, 2.45) is 0 Å². The van der Waals surface area contributed by atoms with Crippen molar-refractivity contribution in [3.05, 3.63) is 141 Å². The van der Waals surface area contributed by atoms with E-state index in [-0.39, 0.29) is 5.63 Å². The molecule has 4 aromatic carbocycles. The van der Waals surface area contributed by atoms with Crippen LogP contribution in [0.25, 0.3) is 32.9 Å². The molecule has 0 aliphatic rings. The quantitative estimate of drug-likeness (QED) is 0.126. The van der Waals surface area contributed by atoms with Gasteiger partial charge in [-0.15, -0.1) is 0 Å². The standard InChI is InChI=1S/C27H22O5.C10H9BrO/c1-17-3-10-25-20(11-17)13-23(31-25)16-30-21-6-4-19(5-7-21)15-29-22-8-9-24-18(2)12-27(28)32-26(24)14-22;1-7-2-3-10-8(4-7)5-9(6-11)12-10/h3-14H,15-16H2,1-2H3;2-5H,6H2,1H3. The Morgan fingerprint density at radius 1 is 0.591 bits per heavy atom. The molecule has 0 N–H and O–H groups in total. The number of alkyl halides is 1. The van der Waals surface area contributed by atoms with Crippen molar-refractivity contribution >= 4 is 48.8 Å². The number of hydrogen-bond acceptors (Lipinski definition) is 6. The van der Waals surface area contributed by atoms with E-state index in [9.17, 15) is 4.79 Å². The van der Waals surface area contributed by atoms with Gasteiger partial charge < -0.3 is 22.7 Å². The van der Waals surface area contributed by atoms with Crippen LogP contribution in [0, 0.1) is 20.8 Å². The molecule has 222 valence electrons. The highest BCUT2D eigenvalue weighted by molar-refractivity contribution is 9.08. The molecule has 3 heterocycles. The highest BCUT2D eigenvalue weighted by Crippen LogP contribution is 2.25. The Kier molecular flexibility index (Phi) is 8.57. The maximum absolute atomic E-state index is 11.6. The van der Waals surface area contributed by atoms with Crippen LogP contribution in [0.3, 0.4) is 0 Å². The molecule has 0 aliphatic heterocycles. The van der Waals surface area contributed by atoms with Gasteiger partial charge in [0.1, 0.15) is 53.0 Å². The predicted octanol–water partition coefficient (Wildman–Crippen LogP) is 9.95. The Morgan fingerprint density at radius 3 is 1.89 bits per heavy atom. The van der Waals surface area contributed by atoms with Crippen LogP contribution in [0.4, 0.5) is 0 Å². The van der Waals surface area contributed by atoms with Crippen LogP contribution in [0.5, 0.6) is 11.5 Å². The topological polar surface area (TPSA) is 75.0 Å². The van der Waals surface area contributed by atoms with E-state index in [4.69, 9.17) is 22.7 Å². The van der Waals surface area contributed by atoms with Crippen LogP contribution in [-0.2, 0) is 18.5 Å². The molecular weight excluding hydrogens is 620 g/mol. The average Bonchev–Trinajstić information content (AvgIpc) is 3.62. The zero-order chi connectivity index (χ0) is 30.6. The number of hydrogen-bond donors (Lipinski definition) is 0. The molecule has 6 nitrogen and oxygen atoms in total. The summed E-state index contributed by atoms with van der Waals surface area (Å²) in [6.45, 7) is 6.79. The van der Waals surface area contributed by atoms with Crippen molar-refractivity contribution in [1.82, 2.24) is 0 Å². The monoisotopic (exact) mass is 650 g/mol. The van der Waals surface area contributed by atoms with Gasteiger partial charge in [0.15, 0.2) is 0 Å². The van der Waals surface area contributed by atoms with Crippen molar-refractivity contribution in [3.63, 3.8) is 0 Å². The van der Waals surface area contributed by atoms with Crippen molar-refractivity contribution in [2.45, 2.75) is 39.3 Å². The SMILES string of the molecule is Cc1ccc2oc(CBr)cc2c1.Cc1ccc2oc(COc3ccc(COc4ccc5c(C)cc(=O)oc5c4)cc3)cc2c1. The number of fused-ring (bicyclic) bond motifs is 3. The van der Waals surface area contributed by atoms with E-state index in [1.165, 1.54) is 22.6 Å². The molecule has 0 aliphatic carbocycles. The Bertz CT molecular complexity index is 2120. The second-order valence-corrected chi connectivity index (χ2v) is 11.3. The minimum atomic E-state index is -0.361. The van der Waals surface area contributed by atoms with Crippen LogP contribution < -0.4 is 15.1 Å². The molecule has 0 fully saturated rings. The molecule has 0 radical (unpaired) electrons. The van der Waals surface area contributed by atoms with E-state index in [0.29, 0.717) is 24.5 Å². The van der Waals surface area contributed by atoms with E-state index in [0.717, 1.165) is 55.7 Å². The number of aryl methyl sites for hydroxylation is 3. The highest BCUT2D eigenvalue weighted by Gasteiger charge is 2.07. The third-order valence-corrected chi connectivity index (χ3v) is 7.76. The summed E-state index contributed by atoms with van der Waals surface area (Å²) in [6, 6.07) is 31.1. The Labute approximate surface area is 262 Å². The zero-order valence-corrected chi connectivity index (χ0v) is 26.3. The second kappa shape index (κ2) is 12.9. The molecule has 0 amide bonds. The first-order chi connectivity index (χ1) is 21.3. The van der Waals surface area contributed by atoms with Gasteiger partial charge in [-0.2, -0.15) is 0 Å². The molecule has 3 aromatic heterocycles. The Balaban J connectivity index is 0.000000238. The lowest BCUT2D eigenvalue weighted by molar-refractivity contribution is 0.274.